The first-order chi connectivity index (χ1) is 9.50. The van der Waals surface area contributed by atoms with Crippen molar-refractivity contribution in [3.05, 3.63) is 30.1 Å². The van der Waals surface area contributed by atoms with E-state index in [1.807, 2.05) is 12.3 Å². The average molecular weight is 277 g/mol. The van der Waals surface area contributed by atoms with E-state index in [-0.39, 0.29) is 0 Å². The van der Waals surface area contributed by atoms with Crippen LogP contribution in [-0.2, 0) is 6.42 Å². The Balaban J connectivity index is 2.41. The normalized spacial score (nSPS) is 13.4. The van der Waals surface area contributed by atoms with E-state index in [2.05, 4.69) is 62.1 Å². The number of hydrogen-bond acceptors (Lipinski definition) is 3. The minimum absolute atomic E-state index is 0.581. The highest BCUT2D eigenvalue weighted by Crippen LogP contribution is 2.09. The predicted octanol–water partition coefficient (Wildman–Crippen LogP) is 2.83. The maximum atomic E-state index is 4.40. The Bertz CT molecular complexity index is 349. The molecule has 1 atom stereocenters. The lowest BCUT2D eigenvalue weighted by Gasteiger charge is -2.31. The zero-order chi connectivity index (χ0) is 15.0. The fraction of sp³-hybridized carbons (Fsp3) is 0.706. The molecule has 3 nitrogen and oxygen atoms in total. The van der Waals surface area contributed by atoms with Crippen LogP contribution in [0, 0.1) is 11.8 Å². The number of rotatable bonds is 9. The molecule has 1 aromatic heterocycles. The number of nitrogens with one attached hydrogen (secondary N) is 1. The molecule has 0 saturated carbocycles. The summed E-state index contributed by atoms with van der Waals surface area (Å²) in [7, 11) is 2.23. The van der Waals surface area contributed by atoms with Gasteiger partial charge in [0.15, 0.2) is 0 Å². The third-order valence-electron chi connectivity index (χ3n) is 3.69. The lowest BCUT2D eigenvalue weighted by Crippen LogP contribution is -2.45. The van der Waals surface area contributed by atoms with Gasteiger partial charge in [-0.3, -0.25) is 4.98 Å². The van der Waals surface area contributed by atoms with Crippen molar-refractivity contribution < 1.29 is 0 Å². The lowest BCUT2D eigenvalue weighted by atomic mass is 10.0. The highest BCUT2D eigenvalue weighted by molar-refractivity contribution is 5.03. The van der Waals surface area contributed by atoms with E-state index in [4.69, 9.17) is 0 Å². The summed E-state index contributed by atoms with van der Waals surface area (Å²) in [5.74, 6) is 1.37. The second kappa shape index (κ2) is 9.09. The van der Waals surface area contributed by atoms with Crippen LogP contribution in [0.1, 0.15) is 33.4 Å². The van der Waals surface area contributed by atoms with Crippen LogP contribution in [0.15, 0.2) is 24.4 Å². The van der Waals surface area contributed by atoms with Gasteiger partial charge in [-0.1, -0.05) is 33.8 Å². The summed E-state index contributed by atoms with van der Waals surface area (Å²) in [6.07, 6.45) is 2.89. The average Bonchev–Trinajstić information content (AvgIpc) is 2.41. The molecule has 0 aliphatic heterocycles. The molecule has 1 unspecified atom stereocenters. The molecule has 0 spiro atoms. The van der Waals surface area contributed by atoms with Crippen molar-refractivity contribution >= 4 is 0 Å². The van der Waals surface area contributed by atoms with Crippen LogP contribution >= 0.6 is 0 Å². The fourth-order valence-electron chi connectivity index (χ4n) is 2.42. The van der Waals surface area contributed by atoms with Gasteiger partial charge in [0.2, 0.25) is 0 Å². The molecule has 0 saturated heterocycles. The molecule has 0 amide bonds. The summed E-state index contributed by atoms with van der Waals surface area (Å²) in [6.45, 7) is 12.3. The van der Waals surface area contributed by atoms with Gasteiger partial charge in [-0.15, -0.1) is 0 Å². The molecular formula is C17H31N3. The Morgan fingerprint density at radius 1 is 1.15 bits per heavy atom. The first kappa shape index (κ1) is 17.1. The van der Waals surface area contributed by atoms with Crippen molar-refractivity contribution in [3.63, 3.8) is 0 Å². The SMILES string of the molecule is CC(C)CNCC(C(C)C)N(C)CCc1ccccn1. The van der Waals surface area contributed by atoms with Crippen LogP contribution in [0.3, 0.4) is 0 Å². The van der Waals surface area contributed by atoms with E-state index in [0.29, 0.717) is 17.9 Å². The first-order valence-electron chi connectivity index (χ1n) is 7.81. The summed E-state index contributed by atoms with van der Waals surface area (Å²) in [5, 5.41) is 3.59. The molecular weight excluding hydrogens is 246 g/mol. The quantitative estimate of drug-likeness (QED) is 0.752. The zero-order valence-electron chi connectivity index (χ0n) is 13.8. The standard InChI is InChI=1S/C17H31N3/c1-14(2)12-18-13-17(15(3)4)20(5)11-9-16-8-6-7-10-19-16/h6-8,10,14-15,17-18H,9,11-13H2,1-5H3. The highest BCUT2D eigenvalue weighted by Gasteiger charge is 2.18. The van der Waals surface area contributed by atoms with Gasteiger partial charge in [-0.25, -0.2) is 0 Å². The summed E-state index contributed by atoms with van der Waals surface area (Å²) in [4.78, 5) is 6.86. The summed E-state index contributed by atoms with van der Waals surface area (Å²) < 4.78 is 0. The second-order valence-corrected chi connectivity index (χ2v) is 6.42. The van der Waals surface area contributed by atoms with E-state index in [9.17, 15) is 0 Å². The Morgan fingerprint density at radius 2 is 1.90 bits per heavy atom. The topological polar surface area (TPSA) is 28.2 Å². The van der Waals surface area contributed by atoms with Crippen molar-refractivity contribution in [2.45, 2.75) is 40.2 Å². The van der Waals surface area contributed by atoms with Crippen molar-refractivity contribution in [3.8, 4) is 0 Å². The summed E-state index contributed by atoms with van der Waals surface area (Å²) in [6, 6.07) is 6.72. The smallest absolute Gasteiger partial charge is 0.0416 e. The Morgan fingerprint density at radius 3 is 2.45 bits per heavy atom. The molecule has 3 heteroatoms. The molecule has 0 fully saturated rings. The third-order valence-corrected chi connectivity index (χ3v) is 3.69. The van der Waals surface area contributed by atoms with Crippen LogP contribution in [0.2, 0.25) is 0 Å². The van der Waals surface area contributed by atoms with Crippen LogP contribution < -0.4 is 5.32 Å². The molecule has 0 bridgehead atoms. The first-order valence-corrected chi connectivity index (χ1v) is 7.81. The van der Waals surface area contributed by atoms with Gasteiger partial charge >= 0.3 is 0 Å². The summed E-state index contributed by atoms with van der Waals surface area (Å²) in [5.41, 5.74) is 1.18. The number of nitrogens with zero attached hydrogens (tertiary/aromatic N) is 2. The van der Waals surface area contributed by atoms with E-state index in [0.717, 1.165) is 26.1 Å². The van der Waals surface area contributed by atoms with Gasteiger partial charge in [-0.2, -0.15) is 0 Å². The minimum atomic E-state index is 0.581. The molecule has 1 N–H and O–H groups in total. The van der Waals surface area contributed by atoms with Gasteiger partial charge in [0.05, 0.1) is 0 Å². The molecule has 0 aliphatic rings. The molecule has 1 heterocycles. The van der Waals surface area contributed by atoms with E-state index in [1.54, 1.807) is 0 Å². The Kier molecular flexibility index (Phi) is 7.78. The molecule has 0 aromatic carbocycles. The molecule has 1 aromatic rings. The Hall–Kier alpha value is -0.930. The monoisotopic (exact) mass is 277 g/mol. The van der Waals surface area contributed by atoms with Gasteiger partial charge in [0.25, 0.3) is 0 Å². The number of aromatic nitrogens is 1. The zero-order valence-corrected chi connectivity index (χ0v) is 13.8. The van der Waals surface area contributed by atoms with E-state index in [1.165, 1.54) is 5.69 Å². The molecule has 20 heavy (non-hydrogen) atoms. The van der Waals surface area contributed by atoms with Gasteiger partial charge < -0.3 is 10.2 Å². The molecule has 114 valence electrons. The predicted molar refractivity (Wildman–Crippen MR) is 86.9 cm³/mol. The Labute approximate surface area is 124 Å². The number of hydrogen-bond donors (Lipinski definition) is 1. The van der Waals surface area contributed by atoms with Crippen LogP contribution in [-0.4, -0.2) is 42.6 Å². The van der Waals surface area contributed by atoms with Crippen LogP contribution in [0.5, 0.6) is 0 Å². The fourth-order valence-corrected chi connectivity index (χ4v) is 2.42. The van der Waals surface area contributed by atoms with Crippen molar-refractivity contribution in [2.24, 2.45) is 11.8 Å². The van der Waals surface area contributed by atoms with Gasteiger partial charge in [0.1, 0.15) is 0 Å². The molecule has 0 radical (unpaired) electrons. The highest BCUT2D eigenvalue weighted by atomic mass is 15.1. The maximum Gasteiger partial charge on any atom is 0.0416 e. The van der Waals surface area contributed by atoms with Crippen molar-refractivity contribution in [1.29, 1.82) is 0 Å². The van der Waals surface area contributed by atoms with Crippen molar-refractivity contribution in [2.75, 3.05) is 26.7 Å². The van der Waals surface area contributed by atoms with Crippen LogP contribution in [0.4, 0.5) is 0 Å². The molecule has 1 rings (SSSR count). The lowest BCUT2D eigenvalue weighted by molar-refractivity contribution is 0.187. The second-order valence-electron chi connectivity index (χ2n) is 6.42. The van der Waals surface area contributed by atoms with E-state index >= 15 is 0 Å². The van der Waals surface area contributed by atoms with Crippen molar-refractivity contribution in [1.82, 2.24) is 15.2 Å². The number of pyridine rings is 1. The summed E-state index contributed by atoms with van der Waals surface area (Å²) >= 11 is 0. The maximum absolute atomic E-state index is 4.40. The molecule has 0 aliphatic carbocycles. The van der Waals surface area contributed by atoms with E-state index < -0.39 is 0 Å². The number of likely N-dealkylation sites (N-methyl/N-ethyl adjacent to an activating group) is 1. The van der Waals surface area contributed by atoms with Crippen LogP contribution in [0.25, 0.3) is 0 Å². The van der Waals surface area contributed by atoms with Gasteiger partial charge in [0, 0.05) is 37.4 Å². The van der Waals surface area contributed by atoms with Gasteiger partial charge in [-0.05, 0) is 37.6 Å². The third kappa shape index (κ3) is 6.49. The minimum Gasteiger partial charge on any atom is -0.315 e. The largest absolute Gasteiger partial charge is 0.315 e.